The molecule has 1 aliphatic rings. The summed E-state index contributed by atoms with van der Waals surface area (Å²) in [6.45, 7) is 5.66. The number of hydrogen-bond acceptors (Lipinski definition) is 2. The van der Waals surface area contributed by atoms with Crippen LogP contribution in [0.5, 0.6) is 0 Å². The molecule has 0 aliphatic heterocycles. The fraction of sp³-hybridized carbons (Fsp3) is 0.909. The second-order valence-corrected chi connectivity index (χ2v) is 7.24. The van der Waals surface area contributed by atoms with Crippen LogP contribution in [0.15, 0.2) is 0 Å². The van der Waals surface area contributed by atoms with E-state index in [1.54, 1.807) is 0 Å². The molecule has 1 N–H and O–H groups in total. The zero-order valence-electron chi connectivity index (χ0n) is 9.88. The van der Waals surface area contributed by atoms with Crippen molar-refractivity contribution in [2.45, 2.75) is 62.8 Å². The molecule has 1 unspecified atom stereocenters. The molecule has 0 aromatic heterocycles. The number of amides is 1. The maximum absolute atomic E-state index is 11.5. The summed E-state index contributed by atoms with van der Waals surface area (Å²) in [7, 11) is 0. The number of carbonyl (C=O) groups is 1. The Morgan fingerprint density at radius 2 is 1.80 bits per heavy atom. The van der Waals surface area contributed by atoms with Gasteiger partial charge in [0.1, 0.15) is 0 Å². The van der Waals surface area contributed by atoms with Crippen molar-refractivity contribution < 1.29 is 9.53 Å². The van der Waals surface area contributed by atoms with Crippen LogP contribution >= 0.6 is 0 Å². The molecule has 3 nitrogen and oxygen atoms in total. The monoisotopic (exact) mass is 275 g/mol. The van der Waals surface area contributed by atoms with Gasteiger partial charge in [-0.25, -0.2) is 0 Å². The van der Waals surface area contributed by atoms with Crippen LogP contribution in [-0.2, 0) is 4.74 Å². The summed E-state index contributed by atoms with van der Waals surface area (Å²) < 4.78 is 6.09. The molecule has 15 heavy (non-hydrogen) atoms. The van der Waals surface area contributed by atoms with Gasteiger partial charge in [0.25, 0.3) is 0 Å². The molecule has 0 aromatic rings. The first-order valence-corrected chi connectivity index (χ1v) is 7.02. The molecule has 0 spiro atoms. The minimum atomic E-state index is -0.394. The van der Waals surface area contributed by atoms with E-state index in [0.29, 0.717) is 6.04 Å². The van der Waals surface area contributed by atoms with E-state index in [1.165, 1.54) is 12.8 Å². The van der Waals surface area contributed by atoms with Crippen molar-refractivity contribution in [1.29, 1.82) is 0 Å². The van der Waals surface area contributed by atoms with Crippen molar-refractivity contribution in [3.8, 4) is 0 Å². The molecule has 0 bridgehead atoms. The zero-order chi connectivity index (χ0) is 11.5. The van der Waals surface area contributed by atoms with E-state index in [-0.39, 0.29) is 6.09 Å². The van der Waals surface area contributed by atoms with Gasteiger partial charge in [-0.05, 0) is 0 Å². The van der Waals surface area contributed by atoms with Gasteiger partial charge in [-0.3, -0.25) is 0 Å². The molecule has 0 saturated heterocycles. The predicted molar refractivity (Wildman–Crippen MR) is 63.9 cm³/mol. The van der Waals surface area contributed by atoms with Gasteiger partial charge in [0.2, 0.25) is 0 Å². The number of rotatable bonds is 1. The molecule has 0 aromatic carbocycles. The third kappa shape index (κ3) is 5.46. The predicted octanol–water partition coefficient (Wildman–Crippen LogP) is 1.88. The second-order valence-electron chi connectivity index (χ2n) is 5.26. The molecule has 88 valence electrons. The van der Waals surface area contributed by atoms with Crippen LogP contribution in [0.3, 0.4) is 0 Å². The van der Waals surface area contributed by atoms with Crippen LogP contribution < -0.4 is 5.32 Å². The standard InChI is InChI=1S/C11H22AsNO2/c1-11(2,3)15-10(14)13-9-6-4-8(12)5-7-9/h8-9H,4-7,12H2,1-3H3,(H,13,14)/t8-,9+. The van der Waals surface area contributed by atoms with Gasteiger partial charge in [0, 0.05) is 0 Å². The number of carbonyl (C=O) groups excluding carboxylic acids is 1. The third-order valence-electron chi connectivity index (χ3n) is 2.49. The Bertz CT molecular complexity index is 217. The first kappa shape index (κ1) is 12.9. The molecule has 0 heterocycles. The number of ether oxygens (including phenoxy) is 1. The van der Waals surface area contributed by atoms with E-state index in [9.17, 15) is 4.79 Å². The average molecular weight is 275 g/mol. The van der Waals surface area contributed by atoms with Gasteiger partial charge < -0.3 is 0 Å². The van der Waals surface area contributed by atoms with Crippen LogP contribution in [0.2, 0.25) is 4.71 Å². The molecule has 0 radical (unpaired) electrons. The summed E-state index contributed by atoms with van der Waals surface area (Å²) in [5.74, 6) is 0. The van der Waals surface area contributed by atoms with E-state index in [2.05, 4.69) is 5.32 Å². The van der Waals surface area contributed by atoms with E-state index < -0.39 is 5.60 Å². The van der Waals surface area contributed by atoms with Gasteiger partial charge in [0.05, 0.1) is 0 Å². The zero-order valence-corrected chi connectivity index (χ0v) is 12.3. The Labute approximate surface area is 101 Å². The molecule has 1 rings (SSSR count). The summed E-state index contributed by atoms with van der Waals surface area (Å²) in [6.07, 6.45) is 4.40. The van der Waals surface area contributed by atoms with Gasteiger partial charge >= 0.3 is 101 Å². The Hall–Kier alpha value is -0.172. The van der Waals surface area contributed by atoms with Crippen LogP contribution in [0.4, 0.5) is 4.79 Å². The van der Waals surface area contributed by atoms with E-state index in [1.807, 2.05) is 37.6 Å². The quantitative estimate of drug-likeness (QED) is 0.742. The summed E-state index contributed by atoms with van der Waals surface area (Å²) >= 11 is 1.83. The van der Waals surface area contributed by atoms with Crippen molar-refractivity contribution in [2.75, 3.05) is 0 Å². The Morgan fingerprint density at radius 1 is 1.27 bits per heavy atom. The fourth-order valence-electron chi connectivity index (χ4n) is 1.74. The number of nitrogens with one attached hydrogen (secondary N) is 1. The first-order valence-electron chi connectivity index (χ1n) is 5.62. The molecular weight excluding hydrogens is 253 g/mol. The normalized spacial score (nSPS) is 27.2. The van der Waals surface area contributed by atoms with E-state index in [0.717, 1.165) is 17.5 Å². The number of alkyl carbamates (subject to hydrolysis) is 1. The van der Waals surface area contributed by atoms with Gasteiger partial charge in [-0.15, -0.1) is 0 Å². The average Bonchev–Trinajstić information content (AvgIpc) is 2.05. The fourth-order valence-corrected chi connectivity index (χ4v) is 2.55. The van der Waals surface area contributed by atoms with Gasteiger partial charge in [-0.2, -0.15) is 0 Å². The Balaban J connectivity index is 2.27. The van der Waals surface area contributed by atoms with Crippen LogP contribution in [0.1, 0.15) is 46.5 Å². The summed E-state index contributed by atoms with van der Waals surface area (Å²) in [6, 6.07) is 0.326. The topological polar surface area (TPSA) is 38.3 Å². The molecule has 1 amide bonds. The van der Waals surface area contributed by atoms with Crippen molar-refractivity contribution >= 4 is 22.9 Å². The van der Waals surface area contributed by atoms with Crippen LogP contribution in [0, 0.1) is 0 Å². The first-order chi connectivity index (χ1) is 6.87. The maximum atomic E-state index is 11.5. The SMILES string of the molecule is CC(C)(C)OC(=O)N[C@H]1CC[C@@H]([AsH2])CC1. The Kier molecular flexibility index (Phi) is 4.51. The van der Waals surface area contributed by atoms with Crippen molar-refractivity contribution in [2.24, 2.45) is 0 Å². The molecule has 4 heteroatoms. The van der Waals surface area contributed by atoms with Crippen molar-refractivity contribution in [3.63, 3.8) is 0 Å². The third-order valence-corrected chi connectivity index (χ3v) is 3.89. The number of hydrogen-bond donors (Lipinski definition) is 1. The van der Waals surface area contributed by atoms with Gasteiger partial charge in [0.15, 0.2) is 0 Å². The molecular formula is C11H22AsNO2. The summed E-state index contributed by atoms with van der Waals surface area (Å²) in [4.78, 5) is 11.5. The van der Waals surface area contributed by atoms with Crippen molar-refractivity contribution in [1.82, 2.24) is 5.32 Å². The summed E-state index contributed by atoms with van der Waals surface area (Å²) in [5.41, 5.74) is -0.394. The van der Waals surface area contributed by atoms with Crippen LogP contribution in [0.25, 0.3) is 0 Å². The molecule has 1 atom stereocenters. The van der Waals surface area contributed by atoms with E-state index in [4.69, 9.17) is 4.74 Å². The molecule has 1 fully saturated rings. The molecule has 1 saturated carbocycles. The second kappa shape index (κ2) is 5.25. The Morgan fingerprint density at radius 3 is 2.27 bits per heavy atom. The van der Waals surface area contributed by atoms with Crippen LogP contribution in [-0.4, -0.2) is 34.6 Å². The van der Waals surface area contributed by atoms with Gasteiger partial charge in [-0.1, -0.05) is 0 Å². The minimum absolute atomic E-state index is 0.271. The van der Waals surface area contributed by atoms with Crippen molar-refractivity contribution in [3.05, 3.63) is 0 Å². The summed E-state index contributed by atoms with van der Waals surface area (Å²) in [5, 5.41) is 2.94. The molecule has 1 aliphatic carbocycles. The van der Waals surface area contributed by atoms with E-state index >= 15 is 0 Å².